The first-order valence-electron chi connectivity index (χ1n) is 9.16. The third-order valence-electron chi connectivity index (χ3n) is 4.79. The van der Waals surface area contributed by atoms with Crippen LogP contribution >= 0.6 is 15.9 Å². The first kappa shape index (κ1) is 19.1. The van der Waals surface area contributed by atoms with Crippen LogP contribution in [0.3, 0.4) is 0 Å². The van der Waals surface area contributed by atoms with Crippen LogP contribution in [0.2, 0.25) is 0 Å². The van der Waals surface area contributed by atoms with Gasteiger partial charge in [-0.15, -0.1) is 0 Å². The predicted octanol–water partition coefficient (Wildman–Crippen LogP) is 6.04. The molecule has 0 N–H and O–H groups in total. The van der Waals surface area contributed by atoms with Crippen LogP contribution in [0.4, 0.5) is 5.69 Å². The lowest BCUT2D eigenvalue weighted by atomic mass is 10.1. The Hall–Kier alpha value is -3.23. The van der Waals surface area contributed by atoms with Gasteiger partial charge in [-0.3, -0.25) is 0 Å². The van der Waals surface area contributed by atoms with E-state index in [-0.39, 0.29) is 0 Å². The SMILES string of the molecule is COc1cc(OCc2ccc(Br)cc2C#N)ccc1C1=CN1c1ccc(C)cc1. The van der Waals surface area contributed by atoms with Gasteiger partial charge in [0.05, 0.1) is 24.4 Å². The average Bonchev–Trinajstić information content (AvgIpc) is 3.53. The van der Waals surface area contributed by atoms with Crippen molar-refractivity contribution >= 4 is 27.3 Å². The van der Waals surface area contributed by atoms with Crippen molar-refractivity contribution in [2.24, 2.45) is 0 Å². The lowest BCUT2D eigenvalue weighted by Crippen LogP contribution is -2.00. The summed E-state index contributed by atoms with van der Waals surface area (Å²) in [5.74, 6) is 1.44. The van der Waals surface area contributed by atoms with Crippen molar-refractivity contribution in [1.29, 1.82) is 5.26 Å². The minimum atomic E-state index is 0.316. The normalized spacial score (nSPS) is 12.2. The second-order valence-electron chi connectivity index (χ2n) is 6.78. The van der Waals surface area contributed by atoms with Crippen LogP contribution in [0.25, 0.3) is 5.70 Å². The highest BCUT2D eigenvalue weighted by atomic mass is 79.9. The highest BCUT2D eigenvalue weighted by molar-refractivity contribution is 9.10. The monoisotopic (exact) mass is 446 g/mol. The molecule has 3 aromatic carbocycles. The summed E-state index contributed by atoms with van der Waals surface area (Å²) in [4.78, 5) is 2.14. The van der Waals surface area contributed by atoms with E-state index < -0.39 is 0 Å². The molecule has 5 heteroatoms. The average molecular weight is 447 g/mol. The van der Waals surface area contributed by atoms with Crippen molar-refractivity contribution in [2.75, 3.05) is 12.0 Å². The van der Waals surface area contributed by atoms with E-state index in [0.29, 0.717) is 17.9 Å². The Morgan fingerprint density at radius 1 is 1.03 bits per heavy atom. The van der Waals surface area contributed by atoms with Crippen LogP contribution in [0.5, 0.6) is 11.5 Å². The molecule has 0 spiro atoms. The van der Waals surface area contributed by atoms with Crippen LogP contribution < -0.4 is 14.4 Å². The number of ether oxygens (including phenoxy) is 2. The molecule has 144 valence electrons. The molecule has 1 aliphatic heterocycles. The number of nitriles is 1. The Morgan fingerprint density at radius 3 is 2.55 bits per heavy atom. The Bertz CT molecular complexity index is 1130. The van der Waals surface area contributed by atoms with Gasteiger partial charge >= 0.3 is 0 Å². The molecule has 0 aromatic heterocycles. The van der Waals surface area contributed by atoms with Crippen molar-refractivity contribution in [1.82, 2.24) is 0 Å². The van der Waals surface area contributed by atoms with Crippen molar-refractivity contribution in [3.05, 3.63) is 93.6 Å². The smallest absolute Gasteiger partial charge is 0.131 e. The summed E-state index contributed by atoms with van der Waals surface area (Å²) in [6.07, 6.45) is 2.09. The summed E-state index contributed by atoms with van der Waals surface area (Å²) in [5.41, 5.74) is 5.93. The van der Waals surface area contributed by atoms with E-state index in [1.807, 2.05) is 30.3 Å². The zero-order valence-electron chi connectivity index (χ0n) is 16.1. The zero-order chi connectivity index (χ0) is 20.4. The second-order valence-corrected chi connectivity index (χ2v) is 7.70. The van der Waals surface area contributed by atoms with Gasteiger partial charge < -0.3 is 14.4 Å². The number of hydrogen-bond acceptors (Lipinski definition) is 4. The quantitative estimate of drug-likeness (QED) is 0.463. The first-order valence-corrected chi connectivity index (χ1v) is 9.96. The summed E-state index contributed by atoms with van der Waals surface area (Å²) < 4.78 is 12.4. The van der Waals surface area contributed by atoms with Gasteiger partial charge in [0.15, 0.2) is 0 Å². The number of rotatable bonds is 6. The molecule has 0 saturated carbocycles. The number of methoxy groups -OCH3 is 1. The van der Waals surface area contributed by atoms with Crippen LogP contribution in [0, 0.1) is 18.3 Å². The predicted molar refractivity (Wildman–Crippen MR) is 118 cm³/mol. The van der Waals surface area contributed by atoms with Gasteiger partial charge in [-0.1, -0.05) is 39.7 Å². The molecule has 4 rings (SSSR count). The second kappa shape index (κ2) is 8.02. The molecule has 0 atom stereocenters. The molecule has 1 aliphatic rings. The molecule has 4 nitrogen and oxygen atoms in total. The minimum Gasteiger partial charge on any atom is -0.496 e. The van der Waals surface area contributed by atoms with Gasteiger partial charge in [0.25, 0.3) is 0 Å². The summed E-state index contributed by atoms with van der Waals surface area (Å²) >= 11 is 3.39. The standard InChI is InChI=1S/C24H19BrN2O2/c1-16-3-7-20(8-4-16)27-14-23(27)22-10-9-21(12-24(22)28-2)29-15-17-5-6-19(25)11-18(17)13-26/h3-12,14H,15H2,1-2H3. The van der Waals surface area contributed by atoms with Crippen LogP contribution in [0.15, 0.2) is 71.3 Å². The molecule has 0 saturated heterocycles. The Labute approximate surface area is 178 Å². The fourth-order valence-corrected chi connectivity index (χ4v) is 3.49. The molecular weight excluding hydrogens is 428 g/mol. The van der Waals surface area contributed by atoms with Gasteiger partial charge in [0.1, 0.15) is 18.1 Å². The highest BCUT2D eigenvalue weighted by Gasteiger charge is 2.27. The molecular formula is C24H19BrN2O2. The van der Waals surface area contributed by atoms with E-state index in [0.717, 1.165) is 32.7 Å². The molecule has 0 unspecified atom stereocenters. The van der Waals surface area contributed by atoms with Crippen molar-refractivity contribution in [3.8, 4) is 17.6 Å². The van der Waals surface area contributed by atoms with Crippen molar-refractivity contribution < 1.29 is 9.47 Å². The largest absolute Gasteiger partial charge is 0.496 e. The Kier molecular flexibility index (Phi) is 5.28. The Morgan fingerprint density at radius 2 is 1.83 bits per heavy atom. The molecule has 0 bridgehead atoms. The number of halogens is 1. The van der Waals surface area contributed by atoms with Gasteiger partial charge in [-0.25, -0.2) is 0 Å². The lowest BCUT2D eigenvalue weighted by Gasteiger charge is -2.13. The summed E-state index contributed by atoms with van der Waals surface area (Å²) in [7, 11) is 1.66. The van der Waals surface area contributed by atoms with E-state index in [9.17, 15) is 5.26 Å². The van der Waals surface area contributed by atoms with Gasteiger partial charge in [0, 0.05) is 33.6 Å². The molecule has 0 aliphatic carbocycles. The maximum atomic E-state index is 9.30. The molecule has 29 heavy (non-hydrogen) atoms. The number of nitrogens with zero attached hydrogens (tertiary/aromatic N) is 2. The van der Waals surface area contributed by atoms with Crippen LogP contribution in [0.1, 0.15) is 22.3 Å². The highest BCUT2D eigenvalue weighted by Crippen LogP contribution is 2.42. The summed E-state index contributed by atoms with van der Waals surface area (Å²) in [6.45, 7) is 2.40. The van der Waals surface area contributed by atoms with Gasteiger partial charge in [0.2, 0.25) is 0 Å². The van der Waals surface area contributed by atoms with Crippen LogP contribution in [-0.2, 0) is 6.61 Å². The van der Waals surface area contributed by atoms with Gasteiger partial charge in [-0.2, -0.15) is 5.26 Å². The molecule has 0 amide bonds. The topological polar surface area (TPSA) is 45.3 Å². The van der Waals surface area contributed by atoms with E-state index in [2.05, 4.69) is 64.3 Å². The van der Waals surface area contributed by atoms with Crippen LogP contribution in [-0.4, -0.2) is 7.11 Å². The number of hydrogen-bond donors (Lipinski definition) is 0. The zero-order valence-corrected chi connectivity index (χ0v) is 17.7. The molecule has 0 fully saturated rings. The third-order valence-corrected chi connectivity index (χ3v) is 5.28. The fourth-order valence-electron chi connectivity index (χ4n) is 3.12. The van der Waals surface area contributed by atoms with E-state index in [4.69, 9.17) is 9.47 Å². The van der Waals surface area contributed by atoms with Gasteiger partial charge in [-0.05, 0) is 43.3 Å². The van der Waals surface area contributed by atoms with Crippen molar-refractivity contribution in [2.45, 2.75) is 13.5 Å². The maximum Gasteiger partial charge on any atom is 0.131 e. The molecule has 1 heterocycles. The maximum absolute atomic E-state index is 9.30. The fraction of sp³-hybridized carbons (Fsp3) is 0.125. The summed E-state index contributed by atoms with van der Waals surface area (Å²) in [5, 5.41) is 9.30. The molecule has 0 radical (unpaired) electrons. The first-order chi connectivity index (χ1) is 14.1. The lowest BCUT2D eigenvalue weighted by molar-refractivity contribution is 0.303. The van der Waals surface area contributed by atoms with Crippen molar-refractivity contribution in [3.63, 3.8) is 0 Å². The van der Waals surface area contributed by atoms with E-state index in [1.54, 1.807) is 13.2 Å². The Balaban J connectivity index is 1.49. The number of benzene rings is 3. The van der Waals surface area contributed by atoms with E-state index >= 15 is 0 Å². The third kappa shape index (κ3) is 4.13. The molecule has 3 aromatic rings. The number of aryl methyl sites for hydroxylation is 1. The van der Waals surface area contributed by atoms with E-state index in [1.165, 1.54) is 5.56 Å². The number of anilines is 1. The summed E-state index contributed by atoms with van der Waals surface area (Å²) in [6, 6.07) is 22.0. The minimum absolute atomic E-state index is 0.316.